The lowest BCUT2D eigenvalue weighted by Gasteiger charge is -2.21. The van der Waals surface area contributed by atoms with Crippen LogP contribution in [-0.4, -0.2) is 21.8 Å². The van der Waals surface area contributed by atoms with Crippen LogP contribution in [0.1, 0.15) is 24.1 Å². The summed E-state index contributed by atoms with van der Waals surface area (Å²) < 4.78 is 19.0. The first kappa shape index (κ1) is 19.1. The molecule has 8 heteroatoms. The molecule has 0 saturated carbocycles. The third-order valence-corrected chi connectivity index (χ3v) is 5.19. The molecule has 1 fully saturated rings. The molecule has 0 aliphatic carbocycles. The molecular formula is C21H17ClFN3O3. The Labute approximate surface area is 171 Å². The highest BCUT2D eigenvalue weighted by atomic mass is 35.5. The fourth-order valence-corrected chi connectivity index (χ4v) is 3.47. The molecule has 3 aromatic rings. The molecule has 1 aliphatic rings. The van der Waals surface area contributed by atoms with Crippen molar-refractivity contribution < 1.29 is 18.4 Å². The van der Waals surface area contributed by atoms with Crippen LogP contribution in [0.25, 0.3) is 11.3 Å². The number of nitrogens with zero attached hydrogens (tertiary/aromatic N) is 2. The van der Waals surface area contributed by atoms with Crippen LogP contribution >= 0.6 is 11.6 Å². The molecule has 4 rings (SSSR count). The fraction of sp³-hybridized carbons (Fsp3) is 0.190. The summed E-state index contributed by atoms with van der Waals surface area (Å²) in [4.78, 5) is 30.9. The summed E-state index contributed by atoms with van der Waals surface area (Å²) in [6.07, 6.45) is 0. The molecule has 3 amide bonds. The van der Waals surface area contributed by atoms with Gasteiger partial charge in [-0.3, -0.25) is 9.69 Å². The number of amides is 3. The SMILES string of the molecule is Cc1nc(CN2C(=O)N[C@](C)(c3ccc(F)cc3)C2=O)oc1-c1ccc(Cl)cc1. The van der Waals surface area contributed by atoms with Crippen molar-refractivity contribution in [1.82, 2.24) is 15.2 Å². The maximum absolute atomic E-state index is 13.2. The van der Waals surface area contributed by atoms with Crippen molar-refractivity contribution >= 4 is 23.5 Å². The minimum Gasteiger partial charge on any atom is -0.438 e. The van der Waals surface area contributed by atoms with Crippen LogP contribution in [-0.2, 0) is 16.9 Å². The van der Waals surface area contributed by atoms with E-state index in [1.54, 1.807) is 38.1 Å². The largest absolute Gasteiger partial charge is 0.438 e. The molecule has 0 unspecified atom stereocenters. The van der Waals surface area contributed by atoms with Gasteiger partial charge in [-0.1, -0.05) is 23.7 Å². The summed E-state index contributed by atoms with van der Waals surface area (Å²) in [6.45, 7) is 3.25. The minimum absolute atomic E-state index is 0.115. The molecule has 2 aromatic carbocycles. The van der Waals surface area contributed by atoms with Crippen LogP contribution in [0.2, 0.25) is 5.02 Å². The van der Waals surface area contributed by atoms with Gasteiger partial charge in [0.05, 0.1) is 5.69 Å². The standard InChI is InChI=1S/C21H17ClFN3O3/c1-12-18(13-3-7-15(22)8-4-13)29-17(24-12)11-26-19(27)21(2,25-20(26)28)14-5-9-16(23)10-6-14/h3-10H,11H2,1-2H3,(H,25,28)/t21-/m1/s1. The number of imide groups is 1. The Morgan fingerprint density at radius 2 is 1.79 bits per heavy atom. The average molecular weight is 414 g/mol. The van der Waals surface area contributed by atoms with Crippen LogP contribution in [0, 0.1) is 12.7 Å². The summed E-state index contributed by atoms with van der Waals surface area (Å²) in [5.41, 5.74) is 0.630. The maximum Gasteiger partial charge on any atom is 0.325 e. The van der Waals surface area contributed by atoms with E-state index in [9.17, 15) is 14.0 Å². The van der Waals surface area contributed by atoms with Crippen molar-refractivity contribution in [2.75, 3.05) is 0 Å². The van der Waals surface area contributed by atoms with Crippen molar-refractivity contribution in [3.63, 3.8) is 0 Å². The molecule has 29 heavy (non-hydrogen) atoms. The second-order valence-corrected chi connectivity index (χ2v) is 7.42. The first-order chi connectivity index (χ1) is 13.8. The summed E-state index contributed by atoms with van der Waals surface area (Å²) >= 11 is 5.92. The normalized spacial score (nSPS) is 19.0. The zero-order chi connectivity index (χ0) is 20.8. The van der Waals surface area contributed by atoms with Crippen LogP contribution in [0.4, 0.5) is 9.18 Å². The first-order valence-electron chi connectivity index (χ1n) is 8.90. The van der Waals surface area contributed by atoms with Crippen LogP contribution in [0.3, 0.4) is 0 Å². The molecule has 1 aromatic heterocycles. The summed E-state index contributed by atoms with van der Waals surface area (Å²) in [5.74, 6) is -0.0988. The predicted molar refractivity (Wildman–Crippen MR) is 105 cm³/mol. The zero-order valence-electron chi connectivity index (χ0n) is 15.7. The Morgan fingerprint density at radius 3 is 2.45 bits per heavy atom. The molecule has 1 aliphatic heterocycles. The smallest absolute Gasteiger partial charge is 0.325 e. The Balaban J connectivity index is 1.59. The van der Waals surface area contributed by atoms with Gasteiger partial charge in [0.1, 0.15) is 17.9 Å². The van der Waals surface area contributed by atoms with Crippen molar-refractivity contribution in [3.8, 4) is 11.3 Å². The van der Waals surface area contributed by atoms with E-state index in [1.165, 1.54) is 24.3 Å². The number of halogens is 2. The lowest BCUT2D eigenvalue weighted by molar-refractivity contribution is -0.131. The van der Waals surface area contributed by atoms with Gasteiger partial charge in [0.2, 0.25) is 5.89 Å². The molecule has 0 spiro atoms. The molecule has 2 heterocycles. The molecule has 1 saturated heterocycles. The van der Waals surface area contributed by atoms with E-state index in [0.29, 0.717) is 22.0 Å². The monoisotopic (exact) mass is 413 g/mol. The molecule has 1 N–H and O–H groups in total. The van der Waals surface area contributed by atoms with Gasteiger partial charge in [-0.05, 0) is 55.8 Å². The van der Waals surface area contributed by atoms with Gasteiger partial charge >= 0.3 is 6.03 Å². The lowest BCUT2D eigenvalue weighted by Crippen LogP contribution is -2.40. The number of hydrogen-bond acceptors (Lipinski definition) is 4. The summed E-state index contributed by atoms with van der Waals surface area (Å²) in [7, 11) is 0. The number of hydrogen-bond donors (Lipinski definition) is 1. The minimum atomic E-state index is -1.29. The number of urea groups is 1. The highest BCUT2D eigenvalue weighted by Crippen LogP contribution is 2.31. The van der Waals surface area contributed by atoms with Gasteiger partial charge in [-0.2, -0.15) is 0 Å². The van der Waals surface area contributed by atoms with Gasteiger partial charge in [-0.15, -0.1) is 0 Å². The van der Waals surface area contributed by atoms with Gasteiger partial charge in [0.25, 0.3) is 5.91 Å². The number of carbonyl (C=O) groups is 2. The topological polar surface area (TPSA) is 75.4 Å². The molecular weight excluding hydrogens is 397 g/mol. The summed E-state index contributed by atoms with van der Waals surface area (Å²) in [5, 5.41) is 3.28. The third kappa shape index (κ3) is 3.38. The van der Waals surface area contributed by atoms with E-state index in [4.69, 9.17) is 16.0 Å². The summed E-state index contributed by atoms with van der Waals surface area (Å²) in [6, 6.07) is 12.0. The van der Waals surface area contributed by atoms with Gasteiger partial charge in [0, 0.05) is 10.6 Å². The van der Waals surface area contributed by atoms with Gasteiger partial charge in [-0.25, -0.2) is 14.2 Å². The Kier molecular flexibility index (Phi) is 4.62. The van der Waals surface area contributed by atoms with Crippen molar-refractivity contribution in [1.29, 1.82) is 0 Å². The van der Waals surface area contributed by atoms with Crippen LogP contribution < -0.4 is 5.32 Å². The second kappa shape index (κ2) is 7.00. The Bertz CT molecular complexity index is 1100. The molecule has 0 bridgehead atoms. The van der Waals surface area contributed by atoms with E-state index in [2.05, 4.69) is 10.3 Å². The number of oxazole rings is 1. The third-order valence-electron chi connectivity index (χ3n) is 4.94. The molecule has 148 valence electrons. The molecule has 6 nitrogen and oxygen atoms in total. The van der Waals surface area contributed by atoms with E-state index < -0.39 is 23.3 Å². The number of benzene rings is 2. The molecule has 1 atom stereocenters. The number of aromatic nitrogens is 1. The van der Waals surface area contributed by atoms with Gasteiger partial charge in [0.15, 0.2) is 5.76 Å². The van der Waals surface area contributed by atoms with E-state index in [-0.39, 0.29) is 12.4 Å². The van der Waals surface area contributed by atoms with Crippen molar-refractivity contribution in [2.45, 2.75) is 25.9 Å². The Morgan fingerprint density at radius 1 is 1.14 bits per heavy atom. The number of nitrogens with one attached hydrogen (secondary N) is 1. The first-order valence-corrected chi connectivity index (χ1v) is 9.28. The van der Waals surface area contributed by atoms with Crippen LogP contribution in [0.15, 0.2) is 52.9 Å². The van der Waals surface area contributed by atoms with E-state index in [1.807, 2.05) is 0 Å². The molecule has 0 radical (unpaired) electrons. The second-order valence-electron chi connectivity index (χ2n) is 6.98. The van der Waals surface area contributed by atoms with E-state index >= 15 is 0 Å². The maximum atomic E-state index is 13.2. The quantitative estimate of drug-likeness (QED) is 0.643. The number of aryl methyl sites for hydroxylation is 1. The highest BCUT2D eigenvalue weighted by molar-refractivity contribution is 6.30. The van der Waals surface area contributed by atoms with Crippen LogP contribution in [0.5, 0.6) is 0 Å². The zero-order valence-corrected chi connectivity index (χ0v) is 16.5. The number of carbonyl (C=O) groups excluding carboxylic acids is 2. The lowest BCUT2D eigenvalue weighted by atomic mass is 9.92. The number of rotatable bonds is 4. The Hall–Kier alpha value is -3.19. The average Bonchev–Trinajstić information content (AvgIpc) is 3.16. The predicted octanol–water partition coefficient (Wildman–Crippen LogP) is 4.41. The fourth-order valence-electron chi connectivity index (χ4n) is 3.34. The van der Waals surface area contributed by atoms with Crippen molar-refractivity contribution in [2.24, 2.45) is 0 Å². The van der Waals surface area contributed by atoms with Crippen molar-refractivity contribution in [3.05, 3.63) is 76.5 Å². The van der Waals surface area contributed by atoms with E-state index in [0.717, 1.165) is 10.5 Å². The highest BCUT2D eigenvalue weighted by Gasteiger charge is 2.49. The van der Waals surface area contributed by atoms with Gasteiger partial charge < -0.3 is 9.73 Å².